The molecule has 0 aromatic heterocycles. The van der Waals surface area contributed by atoms with Gasteiger partial charge in [0, 0.05) is 24.1 Å². The zero-order valence-corrected chi connectivity index (χ0v) is 14.5. The van der Waals surface area contributed by atoms with E-state index < -0.39 is 0 Å². The molecule has 1 aliphatic heterocycles. The normalized spacial score (nSPS) is 21.5. The van der Waals surface area contributed by atoms with Crippen LogP contribution in [0.1, 0.15) is 38.7 Å². The second-order valence-electron chi connectivity index (χ2n) is 7.43. The lowest BCUT2D eigenvalue weighted by Crippen LogP contribution is -2.33. The molecule has 3 N–H and O–H groups in total. The van der Waals surface area contributed by atoms with Crippen LogP contribution < -0.4 is 16.0 Å². The molecular weight excluding hydrogens is 302 g/mol. The zero-order valence-electron chi connectivity index (χ0n) is 14.5. The van der Waals surface area contributed by atoms with Crippen molar-refractivity contribution in [3.63, 3.8) is 0 Å². The summed E-state index contributed by atoms with van der Waals surface area (Å²) in [6.45, 7) is 6.35. The van der Waals surface area contributed by atoms with Gasteiger partial charge >= 0.3 is 0 Å². The van der Waals surface area contributed by atoms with Crippen molar-refractivity contribution >= 4 is 17.5 Å². The maximum Gasteiger partial charge on any atom is 0.226 e. The molecule has 1 aromatic carbocycles. The Bertz CT molecular complexity index is 604. The third-order valence-electron chi connectivity index (χ3n) is 5.32. The number of benzene rings is 1. The van der Waals surface area contributed by atoms with Crippen LogP contribution in [0.15, 0.2) is 24.3 Å². The van der Waals surface area contributed by atoms with E-state index in [1.165, 1.54) is 0 Å². The quantitative estimate of drug-likeness (QED) is 0.776. The highest BCUT2D eigenvalue weighted by Gasteiger charge is 2.57. The molecule has 2 fully saturated rings. The fourth-order valence-electron chi connectivity index (χ4n) is 3.50. The number of hydrogen-bond acceptors (Lipinski definition) is 3. The minimum absolute atomic E-state index is 0.0112. The van der Waals surface area contributed by atoms with E-state index >= 15 is 0 Å². The van der Waals surface area contributed by atoms with E-state index in [0.717, 1.165) is 43.6 Å². The highest BCUT2D eigenvalue weighted by molar-refractivity contribution is 5.92. The second kappa shape index (κ2) is 6.93. The van der Waals surface area contributed by atoms with Gasteiger partial charge in [0.05, 0.1) is 0 Å². The van der Waals surface area contributed by atoms with Crippen molar-refractivity contribution in [1.29, 1.82) is 0 Å². The Balaban J connectivity index is 1.47. The summed E-state index contributed by atoms with van der Waals surface area (Å²) in [4.78, 5) is 24.0. The Hall–Kier alpha value is -1.88. The van der Waals surface area contributed by atoms with Crippen LogP contribution in [0.2, 0.25) is 0 Å². The first kappa shape index (κ1) is 17.0. The van der Waals surface area contributed by atoms with Gasteiger partial charge in [-0.25, -0.2) is 0 Å². The Kier molecular flexibility index (Phi) is 4.90. The average Bonchev–Trinajstić information content (AvgIpc) is 3.27. The highest BCUT2D eigenvalue weighted by Crippen LogP contribution is 2.58. The van der Waals surface area contributed by atoms with E-state index in [9.17, 15) is 9.59 Å². The third kappa shape index (κ3) is 3.78. The first-order valence-corrected chi connectivity index (χ1v) is 8.88. The van der Waals surface area contributed by atoms with Gasteiger partial charge in [-0.2, -0.15) is 0 Å². The molecule has 3 rings (SSSR count). The molecule has 2 aliphatic rings. The smallest absolute Gasteiger partial charge is 0.226 e. The van der Waals surface area contributed by atoms with Gasteiger partial charge in [-0.3, -0.25) is 9.59 Å². The van der Waals surface area contributed by atoms with Crippen LogP contribution in [0.25, 0.3) is 0 Å². The molecule has 1 saturated carbocycles. The van der Waals surface area contributed by atoms with E-state index in [1.807, 2.05) is 38.1 Å². The number of carbonyl (C=O) groups excluding carboxylic acids is 2. The van der Waals surface area contributed by atoms with Gasteiger partial charge in [-0.05, 0) is 55.5 Å². The van der Waals surface area contributed by atoms with Gasteiger partial charge in [0.2, 0.25) is 11.8 Å². The number of carbonyl (C=O) groups is 2. The van der Waals surface area contributed by atoms with Crippen molar-refractivity contribution in [2.24, 2.45) is 17.3 Å². The number of rotatable bonds is 5. The predicted molar refractivity (Wildman–Crippen MR) is 94.4 cm³/mol. The van der Waals surface area contributed by atoms with Crippen LogP contribution >= 0.6 is 0 Å². The van der Waals surface area contributed by atoms with Gasteiger partial charge in [0.15, 0.2) is 0 Å². The molecule has 1 aromatic rings. The molecule has 1 spiro atoms. The minimum Gasteiger partial charge on any atom is -0.352 e. The lowest BCUT2D eigenvalue weighted by Gasteiger charge is -2.23. The van der Waals surface area contributed by atoms with E-state index in [1.54, 1.807) is 0 Å². The number of piperidine rings is 1. The molecule has 1 unspecified atom stereocenters. The predicted octanol–water partition coefficient (Wildman–Crippen LogP) is 2.29. The fourth-order valence-corrected chi connectivity index (χ4v) is 3.50. The van der Waals surface area contributed by atoms with Crippen LogP contribution in [0.3, 0.4) is 0 Å². The monoisotopic (exact) mass is 329 g/mol. The highest BCUT2D eigenvalue weighted by atomic mass is 16.2. The Morgan fingerprint density at radius 1 is 1.21 bits per heavy atom. The van der Waals surface area contributed by atoms with E-state index in [-0.39, 0.29) is 29.1 Å². The van der Waals surface area contributed by atoms with E-state index in [4.69, 9.17) is 0 Å². The molecule has 0 bridgehead atoms. The largest absolute Gasteiger partial charge is 0.352 e. The Labute approximate surface area is 143 Å². The summed E-state index contributed by atoms with van der Waals surface area (Å²) in [5, 5.41) is 9.29. The SMILES string of the molecule is CC(C)C(=O)Nc1ccc(CNC(=O)C2CC23CCNCC3)cc1. The molecule has 2 amide bonds. The van der Waals surface area contributed by atoms with Crippen LogP contribution in [0.4, 0.5) is 5.69 Å². The summed E-state index contributed by atoms with van der Waals surface area (Å²) in [7, 11) is 0. The summed E-state index contributed by atoms with van der Waals surface area (Å²) in [6, 6.07) is 7.66. The lowest BCUT2D eigenvalue weighted by molar-refractivity contribution is -0.123. The van der Waals surface area contributed by atoms with Crippen molar-refractivity contribution in [3.05, 3.63) is 29.8 Å². The number of amides is 2. The standard InChI is InChI=1S/C19H27N3O2/c1-13(2)17(23)22-15-5-3-14(4-6-15)12-21-18(24)16-11-19(16)7-9-20-10-8-19/h3-6,13,16,20H,7-12H2,1-2H3,(H,21,24)(H,22,23). The van der Waals surface area contributed by atoms with E-state index in [2.05, 4.69) is 16.0 Å². The Morgan fingerprint density at radius 2 is 1.88 bits per heavy atom. The fraction of sp³-hybridized carbons (Fsp3) is 0.579. The maximum atomic E-state index is 12.4. The van der Waals surface area contributed by atoms with Gasteiger partial charge in [-0.1, -0.05) is 26.0 Å². The van der Waals surface area contributed by atoms with Crippen molar-refractivity contribution in [1.82, 2.24) is 10.6 Å². The molecule has 5 nitrogen and oxygen atoms in total. The molecule has 24 heavy (non-hydrogen) atoms. The maximum absolute atomic E-state index is 12.4. The van der Waals surface area contributed by atoms with E-state index in [0.29, 0.717) is 6.54 Å². The molecule has 1 aliphatic carbocycles. The van der Waals surface area contributed by atoms with Crippen LogP contribution in [0.5, 0.6) is 0 Å². The Morgan fingerprint density at radius 3 is 2.50 bits per heavy atom. The van der Waals surface area contributed by atoms with Crippen LogP contribution in [0, 0.1) is 17.3 Å². The summed E-state index contributed by atoms with van der Waals surface area (Å²) in [5.41, 5.74) is 2.12. The van der Waals surface area contributed by atoms with Crippen LogP contribution in [-0.4, -0.2) is 24.9 Å². The molecule has 1 atom stereocenters. The summed E-state index contributed by atoms with van der Waals surface area (Å²) in [5.74, 6) is 0.361. The second-order valence-corrected chi connectivity index (χ2v) is 7.43. The van der Waals surface area contributed by atoms with Gasteiger partial charge in [0.1, 0.15) is 0 Å². The first-order chi connectivity index (χ1) is 11.5. The molecular formula is C19H27N3O2. The molecule has 1 saturated heterocycles. The lowest BCUT2D eigenvalue weighted by atomic mass is 9.92. The molecule has 0 radical (unpaired) electrons. The first-order valence-electron chi connectivity index (χ1n) is 8.88. The van der Waals surface area contributed by atoms with Crippen molar-refractivity contribution < 1.29 is 9.59 Å². The van der Waals surface area contributed by atoms with Gasteiger partial charge < -0.3 is 16.0 Å². The van der Waals surface area contributed by atoms with Gasteiger partial charge in [0.25, 0.3) is 0 Å². The number of hydrogen-bond donors (Lipinski definition) is 3. The summed E-state index contributed by atoms with van der Waals surface area (Å²) in [6.07, 6.45) is 3.28. The topological polar surface area (TPSA) is 70.2 Å². The summed E-state index contributed by atoms with van der Waals surface area (Å²) >= 11 is 0. The van der Waals surface area contributed by atoms with Crippen molar-refractivity contribution in [3.8, 4) is 0 Å². The van der Waals surface area contributed by atoms with Crippen LogP contribution in [-0.2, 0) is 16.1 Å². The zero-order chi connectivity index (χ0) is 17.2. The van der Waals surface area contributed by atoms with Crippen molar-refractivity contribution in [2.45, 2.75) is 39.7 Å². The average molecular weight is 329 g/mol. The van der Waals surface area contributed by atoms with Crippen molar-refractivity contribution in [2.75, 3.05) is 18.4 Å². The molecule has 130 valence electrons. The molecule has 5 heteroatoms. The number of anilines is 1. The number of nitrogens with one attached hydrogen (secondary N) is 3. The third-order valence-corrected chi connectivity index (χ3v) is 5.32. The molecule has 1 heterocycles. The minimum atomic E-state index is -0.0372. The van der Waals surface area contributed by atoms with Gasteiger partial charge in [-0.15, -0.1) is 0 Å². The summed E-state index contributed by atoms with van der Waals surface area (Å²) < 4.78 is 0.